The van der Waals surface area contributed by atoms with Crippen molar-refractivity contribution in [3.8, 4) is 11.4 Å². The Morgan fingerprint density at radius 2 is 1.68 bits per heavy atom. The molecule has 0 aliphatic rings. The minimum atomic E-state index is -0.695. The third kappa shape index (κ3) is 5.64. The number of carboxylic acids is 1. The zero-order valence-electron chi connectivity index (χ0n) is 12.7. The Kier molecular flexibility index (Phi) is 6.55. The van der Waals surface area contributed by atoms with Gasteiger partial charge < -0.3 is 5.11 Å². The lowest BCUT2D eigenvalue weighted by Crippen LogP contribution is -1.94. The lowest BCUT2D eigenvalue weighted by Gasteiger charge is -2.04. The average molecular weight is 298 g/mol. The van der Waals surface area contributed by atoms with Crippen LogP contribution in [-0.4, -0.2) is 21.0 Å². The highest BCUT2D eigenvalue weighted by atomic mass is 16.4. The summed E-state index contributed by atoms with van der Waals surface area (Å²) in [6, 6.07) is 9.95. The van der Waals surface area contributed by atoms with E-state index in [4.69, 9.17) is 5.11 Å². The van der Waals surface area contributed by atoms with Crippen LogP contribution in [0.3, 0.4) is 0 Å². The highest BCUT2D eigenvalue weighted by molar-refractivity contribution is 5.66. The molecule has 4 heteroatoms. The molecule has 4 nitrogen and oxygen atoms in total. The molecule has 22 heavy (non-hydrogen) atoms. The molecule has 0 aromatic carbocycles. The minimum Gasteiger partial charge on any atom is -0.481 e. The van der Waals surface area contributed by atoms with Crippen molar-refractivity contribution in [3.63, 3.8) is 0 Å². The van der Waals surface area contributed by atoms with Gasteiger partial charge in [0.05, 0.1) is 11.4 Å². The van der Waals surface area contributed by atoms with E-state index in [0.717, 1.165) is 49.9 Å². The van der Waals surface area contributed by atoms with Crippen molar-refractivity contribution >= 4 is 5.97 Å². The topological polar surface area (TPSA) is 63.1 Å². The Morgan fingerprint density at radius 1 is 0.909 bits per heavy atom. The largest absolute Gasteiger partial charge is 0.481 e. The van der Waals surface area contributed by atoms with E-state index >= 15 is 0 Å². The zero-order chi connectivity index (χ0) is 15.6. The highest BCUT2D eigenvalue weighted by Gasteiger charge is 2.01. The lowest BCUT2D eigenvalue weighted by atomic mass is 10.1. The Bertz CT molecular complexity index is 567. The molecule has 2 aromatic heterocycles. The van der Waals surface area contributed by atoms with Gasteiger partial charge in [0.2, 0.25) is 0 Å². The maximum Gasteiger partial charge on any atom is 0.303 e. The first-order valence-electron chi connectivity index (χ1n) is 7.84. The molecule has 0 fully saturated rings. The van der Waals surface area contributed by atoms with Crippen LogP contribution >= 0.6 is 0 Å². The Labute approximate surface area is 131 Å². The molecule has 2 aromatic rings. The van der Waals surface area contributed by atoms with Crippen LogP contribution in [0.15, 0.2) is 42.7 Å². The molecule has 116 valence electrons. The molecule has 0 amide bonds. The maximum absolute atomic E-state index is 10.4. The number of rotatable bonds is 9. The number of carbonyl (C=O) groups is 1. The molecule has 0 bridgehead atoms. The fraction of sp³-hybridized carbons (Fsp3) is 0.389. The quantitative estimate of drug-likeness (QED) is 0.708. The van der Waals surface area contributed by atoms with Crippen LogP contribution in [0.5, 0.6) is 0 Å². The monoisotopic (exact) mass is 298 g/mol. The summed E-state index contributed by atoms with van der Waals surface area (Å²) in [6.45, 7) is 0. The summed E-state index contributed by atoms with van der Waals surface area (Å²) in [4.78, 5) is 19.2. The second-order valence-electron chi connectivity index (χ2n) is 5.43. The van der Waals surface area contributed by atoms with Crippen molar-refractivity contribution in [1.29, 1.82) is 0 Å². The van der Waals surface area contributed by atoms with Gasteiger partial charge in [-0.2, -0.15) is 0 Å². The smallest absolute Gasteiger partial charge is 0.303 e. The molecular formula is C18H22N2O2. The fourth-order valence-corrected chi connectivity index (χ4v) is 2.37. The number of pyridine rings is 2. The van der Waals surface area contributed by atoms with Crippen LogP contribution in [0.2, 0.25) is 0 Å². The van der Waals surface area contributed by atoms with Gasteiger partial charge in [-0.1, -0.05) is 31.4 Å². The third-order valence-electron chi connectivity index (χ3n) is 3.61. The van der Waals surface area contributed by atoms with Crippen molar-refractivity contribution in [3.05, 3.63) is 48.3 Å². The molecule has 0 aliphatic carbocycles. The van der Waals surface area contributed by atoms with Gasteiger partial charge in [0.25, 0.3) is 0 Å². The van der Waals surface area contributed by atoms with Gasteiger partial charge in [0.15, 0.2) is 0 Å². The number of hydrogen-bond donors (Lipinski definition) is 1. The number of aliphatic carboxylic acids is 1. The summed E-state index contributed by atoms with van der Waals surface area (Å²) in [5.74, 6) is -0.695. The van der Waals surface area contributed by atoms with E-state index in [9.17, 15) is 4.79 Å². The summed E-state index contributed by atoms with van der Waals surface area (Å²) in [5, 5.41) is 8.56. The standard InChI is InChI=1S/C18H22N2O2/c21-18(22)10-5-3-1-2-4-8-15-11-12-17(20-14-15)16-9-6-7-13-19-16/h6-7,9,11-14H,1-5,8,10H2,(H,21,22). The van der Waals surface area contributed by atoms with Crippen LogP contribution in [0.1, 0.15) is 44.1 Å². The number of unbranched alkanes of at least 4 members (excludes halogenated alkanes) is 4. The summed E-state index contributed by atoms with van der Waals surface area (Å²) in [5.41, 5.74) is 3.04. The number of aryl methyl sites for hydroxylation is 1. The van der Waals surface area contributed by atoms with Crippen LogP contribution in [0, 0.1) is 0 Å². The predicted molar refractivity (Wildman–Crippen MR) is 86.5 cm³/mol. The Hall–Kier alpha value is -2.23. The first-order chi connectivity index (χ1) is 10.8. The summed E-state index contributed by atoms with van der Waals surface area (Å²) >= 11 is 0. The molecule has 0 saturated heterocycles. The first kappa shape index (κ1) is 16.1. The highest BCUT2D eigenvalue weighted by Crippen LogP contribution is 2.15. The SMILES string of the molecule is O=C(O)CCCCCCCc1ccc(-c2ccccn2)nc1. The predicted octanol–water partition coefficient (Wildman–Crippen LogP) is 4.11. The van der Waals surface area contributed by atoms with Crippen molar-refractivity contribution in [2.24, 2.45) is 0 Å². The van der Waals surface area contributed by atoms with E-state index in [1.165, 1.54) is 5.56 Å². The molecule has 0 atom stereocenters. The molecule has 0 spiro atoms. The zero-order valence-corrected chi connectivity index (χ0v) is 12.7. The van der Waals surface area contributed by atoms with Gasteiger partial charge in [-0.25, -0.2) is 0 Å². The van der Waals surface area contributed by atoms with Crippen molar-refractivity contribution in [2.75, 3.05) is 0 Å². The van der Waals surface area contributed by atoms with Crippen molar-refractivity contribution in [1.82, 2.24) is 9.97 Å². The lowest BCUT2D eigenvalue weighted by molar-refractivity contribution is -0.137. The minimum absolute atomic E-state index is 0.291. The normalized spacial score (nSPS) is 10.5. The second kappa shape index (κ2) is 8.93. The van der Waals surface area contributed by atoms with Gasteiger partial charge in [0.1, 0.15) is 0 Å². The van der Waals surface area contributed by atoms with Crippen LogP contribution in [-0.2, 0) is 11.2 Å². The Balaban J connectivity index is 1.68. The summed E-state index contributed by atoms with van der Waals surface area (Å²) in [6.07, 6.45) is 10.2. The molecule has 2 heterocycles. The van der Waals surface area contributed by atoms with Crippen LogP contribution in [0.25, 0.3) is 11.4 Å². The third-order valence-corrected chi connectivity index (χ3v) is 3.61. The number of aromatic nitrogens is 2. The molecule has 0 saturated carbocycles. The van der Waals surface area contributed by atoms with Gasteiger partial charge >= 0.3 is 5.97 Å². The fourth-order valence-electron chi connectivity index (χ4n) is 2.37. The van der Waals surface area contributed by atoms with E-state index < -0.39 is 5.97 Å². The number of nitrogens with zero attached hydrogens (tertiary/aromatic N) is 2. The van der Waals surface area contributed by atoms with Crippen LogP contribution < -0.4 is 0 Å². The van der Waals surface area contributed by atoms with E-state index in [1.807, 2.05) is 30.5 Å². The van der Waals surface area contributed by atoms with Gasteiger partial charge in [-0.05, 0) is 43.0 Å². The second-order valence-corrected chi connectivity index (χ2v) is 5.43. The summed E-state index contributed by atoms with van der Waals surface area (Å²) in [7, 11) is 0. The first-order valence-corrected chi connectivity index (χ1v) is 7.84. The van der Waals surface area contributed by atoms with Gasteiger partial charge in [0, 0.05) is 18.8 Å². The van der Waals surface area contributed by atoms with E-state index in [-0.39, 0.29) is 0 Å². The molecule has 1 N–H and O–H groups in total. The maximum atomic E-state index is 10.4. The van der Waals surface area contributed by atoms with Crippen molar-refractivity contribution in [2.45, 2.75) is 44.9 Å². The molecule has 0 aliphatic heterocycles. The average Bonchev–Trinajstić information content (AvgIpc) is 2.55. The van der Waals surface area contributed by atoms with Gasteiger partial charge in [-0.3, -0.25) is 14.8 Å². The molecule has 0 radical (unpaired) electrons. The van der Waals surface area contributed by atoms with E-state index in [2.05, 4.69) is 16.0 Å². The van der Waals surface area contributed by atoms with Gasteiger partial charge in [-0.15, -0.1) is 0 Å². The molecule has 2 rings (SSSR count). The number of hydrogen-bond acceptors (Lipinski definition) is 3. The van der Waals surface area contributed by atoms with Crippen molar-refractivity contribution < 1.29 is 9.90 Å². The van der Waals surface area contributed by atoms with Crippen LogP contribution in [0.4, 0.5) is 0 Å². The van der Waals surface area contributed by atoms with E-state index in [1.54, 1.807) is 6.20 Å². The summed E-state index contributed by atoms with van der Waals surface area (Å²) < 4.78 is 0. The van der Waals surface area contributed by atoms with E-state index in [0.29, 0.717) is 6.42 Å². The molecular weight excluding hydrogens is 276 g/mol. The Morgan fingerprint density at radius 3 is 2.36 bits per heavy atom. The molecule has 0 unspecified atom stereocenters. The number of carboxylic acid groups (broad SMARTS) is 1.